The highest BCUT2D eigenvalue weighted by molar-refractivity contribution is 6.30. The first-order chi connectivity index (χ1) is 16.5. The second-order valence-corrected chi connectivity index (χ2v) is 8.41. The SMILES string of the molecule is COc1ccc(CCNCc2c(C(=O)O)n(Cc3ccc(Cl)cc3)c3ccccc23)cc1OC. The van der Waals surface area contributed by atoms with Crippen molar-refractivity contribution in [2.75, 3.05) is 20.8 Å². The highest BCUT2D eigenvalue weighted by Crippen LogP contribution is 2.29. The minimum Gasteiger partial charge on any atom is -0.493 e. The van der Waals surface area contributed by atoms with Crippen molar-refractivity contribution in [2.24, 2.45) is 0 Å². The van der Waals surface area contributed by atoms with E-state index in [0.29, 0.717) is 41.8 Å². The number of carboxylic acid groups (broad SMARTS) is 1. The van der Waals surface area contributed by atoms with E-state index in [1.807, 2.05) is 71.3 Å². The van der Waals surface area contributed by atoms with Crippen LogP contribution >= 0.6 is 11.6 Å². The summed E-state index contributed by atoms with van der Waals surface area (Å²) >= 11 is 6.02. The van der Waals surface area contributed by atoms with E-state index >= 15 is 0 Å². The highest BCUT2D eigenvalue weighted by Gasteiger charge is 2.22. The molecule has 34 heavy (non-hydrogen) atoms. The van der Waals surface area contributed by atoms with Crippen LogP contribution in [0.4, 0.5) is 0 Å². The van der Waals surface area contributed by atoms with E-state index in [1.165, 1.54) is 0 Å². The molecule has 0 unspecified atom stereocenters. The zero-order chi connectivity index (χ0) is 24.1. The van der Waals surface area contributed by atoms with Gasteiger partial charge in [-0.05, 0) is 54.4 Å². The predicted octanol–water partition coefficient (Wildman–Crippen LogP) is 5.39. The van der Waals surface area contributed by atoms with Crippen LogP contribution in [0.15, 0.2) is 66.7 Å². The molecule has 176 valence electrons. The molecular weight excluding hydrogens is 452 g/mol. The van der Waals surface area contributed by atoms with E-state index in [0.717, 1.165) is 34.0 Å². The summed E-state index contributed by atoms with van der Waals surface area (Å²) in [7, 11) is 3.23. The fourth-order valence-corrected chi connectivity index (χ4v) is 4.34. The lowest BCUT2D eigenvalue weighted by Gasteiger charge is -2.11. The molecule has 0 aliphatic rings. The van der Waals surface area contributed by atoms with Crippen LogP contribution in [0.25, 0.3) is 10.9 Å². The van der Waals surface area contributed by atoms with Gasteiger partial charge >= 0.3 is 5.97 Å². The average Bonchev–Trinajstić information content (AvgIpc) is 3.16. The zero-order valence-corrected chi connectivity index (χ0v) is 19.9. The van der Waals surface area contributed by atoms with Gasteiger partial charge in [0.1, 0.15) is 5.69 Å². The van der Waals surface area contributed by atoms with E-state index in [9.17, 15) is 9.90 Å². The summed E-state index contributed by atoms with van der Waals surface area (Å²) < 4.78 is 12.5. The minimum atomic E-state index is -0.943. The lowest BCUT2D eigenvalue weighted by Crippen LogP contribution is -2.19. The number of aromatic nitrogens is 1. The number of hydrogen-bond acceptors (Lipinski definition) is 4. The molecule has 0 fully saturated rings. The number of nitrogens with zero attached hydrogens (tertiary/aromatic N) is 1. The summed E-state index contributed by atoms with van der Waals surface area (Å²) in [6.45, 7) is 1.58. The molecule has 1 aromatic heterocycles. The third kappa shape index (κ3) is 5.03. The Morgan fingerprint density at radius 3 is 2.38 bits per heavy atom. The first-order valence-electron chi connectivity index (χ1n) is 11.0. The number of nitrogens with one attached hydrogen (secondary N) is 1. The maximum Gasteiger partial charge on any atom is 0.352 e. The molecule has 0 saturated heterocycles. The lowest BCUT2D eigenvalue weighted by atomic mass is 10.1. The fourth-order valence-electron chi connectivity index (χ4n) is 4.22. The summed E-state index contributed by atoms with van der Waals surface area (Å²) in [5.74, 6) is 0.444. The molecule has 0 bridgehead atoms. The Morgan fingerprint density at radius 2 is 1.68 bits per heavy atom. The van der Waals surface area contributed by atoms with Gasteiger partial charge in [-0.1, -0.05) is 48.0 Å². The maximum atomic E-state index is 12.3. The number of rotatable bonds is 10. The van der Waals surface area contributed by atoms with Crippen molar-refractivity contribution in [3.63, 3.8) is 0 Å². The van der Waals surface area contributed by atoms with Crippen LogP contribution in [-0.4, -0.2) is 36.4 Å². The number of benzene rings is 3. The van der Waals surface area contributed by atoms with Gasteiger partial charge < -0.3 is 24.5 Å². The first kappa shape index (κ1) is 23.7. The van der Waals surface area contributed by atoms with Crippen molar-refractivity contribution in [3.8, 4) is 11.5 Å². The molecule has 3 aromatic carbocycles. The van der Waals surface area contributed by atoms with Crippen LogP contribution < -0.4 is 14.8 Å². The number of ether oxygens (including phenoxy) is 2. The molecule has 0 aliphatic carbocycles. The second-order valence-electron chi connectivity index (χ2n) is 7.98. The third-order valence-electron chi connectivity index (χ3n) is 5.87. The topological polar surface area (TPSA) is 72.7 Å². The molecule has 6 nitrogen and oxygen atoms in total. The highest BCUT2D eigenvalue weighted by atomic mass is 35.5. The minimum absolute atomic E-state index is 0.301. The number of hydrogen-bond donors (Lipinski definition) is 2. The summed E-state index contributed by atoms with van der Waals surface area (Å²) in [4.78, 5) is 12.3. The molecule has 0 aliphatic heterocycles. The Labute approximate surface area is 203 Å². The third-order valence-corrected chi connectivity index (χ3v) is 6.12. The molecule has 0 saturated carbocycles. The largest absolute Gasteiger partial charge is 0.493 e. The number of fused-ring (bicyclic) bond motifs is 1. The molecule has 4 rings (SSSR count). The van der Waals surface area contributed by atoms with Gasteiger partial charge in [0, 0.05) is 34.6 Å². The lowest BCUT2D eigenvalue weighted by molar-refractivity contribution is 0.0684. The molecule has 7 heteroatoms. The molecule has 0 atom stereocenters. The number of carbonyl (C=O) groups is 1. The van der Waals surface area contributed by atoms with Gasteiger partial charge in [-0.15, -0.1) is 0 Å². The van der Waals surface area contributed by atoms with Crippen LogP contribution in [0.1, 0.15) is 27.2 Å². The van der Waals surface area contributed by atoms with Crippen molar-refractivity contribution >= 4 is 28.5 Å². The van der Waals surface area contributed by atoms with Crippen LogP contribution in [-0.2, 0) is 19.5 Å². The maximum absolute atomic E-state index is 12.3. The quantitative estimate of drug-likeness (QED) is 0.299. The Balaban J connectivity index is 1.56. The summed E-state index contributed by atoms with van der Waals surface area (Å²) in [5.41, 5.74) is 4.07. The van der Waals surface area contributed by atoms with Crippen molar-refractivity contribution < 1.29 is 19.4 Å². The number of halogens is 1. The van der Waals surface area contributed by atoms with Gasteiger partial charge in [-0.3, -0.25) is 0 Å². The summed E-state index contributed by atoms with van der Waals surface area (Å²) in [6, 6.07) is 21.1. The monoisotopic (exact) mass is 478 g/mol. The van der Waals surface area contributed by atoms with Crippen molar-refractivity contribution in [1.29, 1.82) is 0 Å². The Bertz CT molecular complexity index is 1300. The molecule has 0 amide bonds. The zero-order valence-electron chi connectivity index (χ0n) is 19.2. The number of para-hydroxylation sites is 1. The van der Waals surface area contributed by atoms with Crippen molar-refractivity contribution in [1.82, 2.24) is 9.88 Å². The molecule has 4 aromatic rings. The molecule has 0 spiro atoms. The number of methoxy groups -OCH3 is 2. The normalized spacial score (nSPS) is 11.0. The van der Waals surface area contributed by atoms with Crippen LogP contribution in [0.3, 0.4) is 0 Å². The van der Waals surface area contributed by atoms with Crippen LogP contribution in [0, 0.1) is 0 Å². The van der Waals surface area contributed by atoms with E-state index in [-0.39, 0.29) is 0 Å². The van der Waals surface area contributed by atoms with Gasteiger partial charge in [0.25, 0.3) is 0 Å². The van der Waals surface area contributed by atoms with E-state index in [4.69, 9.17) is 21.1 Å². The average molecular weight is 479 g/mol. The number of aromatic carboxylic acids is 1. The fraction of sp³-hybridized carbons (Fsp3) is 0.222. The Morgan fingerprint density at radius 1 is 0.971 bits per heavy atom. The second kappa shape index (κ2) is 10.6. The van der Waals surface area contributed by atoms with Gasteiger partial charge in [0.15, 0.2) is 11.5 Å². The van der Waals surface area contributed by atoms with Crippen LogP contribution in [0.5, 0.6) is 11.5 Å². The standard InChI is InChI=1S/C27H27ClN2O4/c1-33-24-12-9-18(15-25(24)34-2)13-14-29-16-22-21-5-3-4-6-23(21)30(26(22)27(31)32)17-19-7-10-20(28)11-8-19/h3-12,15,29H,13-14,16-17H2,1-2H3,(H,31,32). The van der Waals surface area contributed by atoms with E-state index in [1.54, 1.807) is 14.2 Å². The molecule has 1 heterocycles. The van der Waals surface area contributed by atoms with Gasteiger partial charge in [0.2, 0.25) is 0 Å². The summed E-state index contributed by atoms with van der Waals surface area (Å²) in [6.07, 6.45) is 0.770. The van der Waals surface area contributed by atoms with E-state index in [2.05, 4.69) is 5.32 Å². The molecule has 0 radical (unpaired) electrons. The Hall–Kier alpha value is -3.48. The van der Waals surface area contributed by atoms with Crippen molar-refractivity contribution in [3.05, 3.63) is 94.1 Å². The van der Waals surface area contributed by atoms with Crippen molar-refractivity contribution in [2.45, 2.75) is 19.5 Å². The smallest absolute Gasteiger partial charge is 0.352 e. The summed E-state index contributed by atoms with van der Waals surface area (Å²) in [5, 5.41) is 15.1. The number of carboxylic acids is 1. The first-order valence-corrected chi connectivity index (χ1v) is 11.4. The van der Waals surface area contributed by atoms with Crippen LogP contribution in [0.2, 0.25) is 5.02 Å². The Kier molecular flexibility index (Phi) is 7.40. The molecular formula is C27H27ClN2O4. The van der Waals surface area contributed by atoms with E-state index < -0.39 is 5.97 Å². The van der Waals surface area contributed by atoms with Gasteiger partial charge in [0.05, 0.1) is 14.2 Å². The predicted molar refractivity (Wildman–Crippen MR) is 134 cm³/mol. The molecule has 2 N–H and O–H groups in total. The van der Waals surface area contributed by atoms with Gasteiger partial charge in [-0.25, -0.2) is 4.79 Å². The van der Waals surface area contributed by atoms with Gasteiger partial charge in [-0.2, -0.15) is 0 Å².